The number of piperidine rings is 1. The standard InChI is InChI=1S/C27H35N3O5S/c1-20-5-11-24(12-6-20)36(33,34)29-18-14-22(15-19-29)27(32)30-17-3-4-25(30)26(31)28-16-13-21-7-9-23(35-2)10-8-21/h5-12,22,25H,3-4,13-19H2,1-2H3,(H,28,31)/t25-/m0/s1. The molecule has 2 amide bonds. The van der Waals surface area contributed by atoms with Crippen molar-refractivity contribution in [2.75, 3.05) is 33.3 Å². The minimum absolute atomic E-state index is 0.0322. The van der Waals surface area contributed by atoms with Crippen molar-refractivity contribution in [1.82, 2.24) is 14.5 Å². The van der Waals surface area contributed by atoms with E-state index >= 15 is 0 Å². The maximum absolute atomic E-state index is 13.3. The second kappa shape index (κ2) is 11.4. The van der Waals surface area contributed by atoms with Crippen molar-refractivity contribution in [3.63, 3.8) is 0 Å². The molecule has 0 aliphatic carbocycles. The van der Waals surface area contributed by atoms with Crippen LogP contribution in [0.2, 0.25) is 0 Å². The molecule has 2 aliphatic heterocycles. The first-order chi connectivity index (χ1) is 17.3. The third kappa shape index (κ3) is 5.90. The summed E-state index contributed by atoms with van der Waals surface area (Å²) >= 11 is 0. The first-order valence-corrected chi connectivity index (χ1v) is 14.0. The number of likely N-dealkylation sites (tertiary alicyclic amines) is 1. The van der Waals surface area contributed by atoms with Gasteiger partial charge in [-0.3, -0.25) is 9.59 Å². The molecule has 2 aliphatic rings. The SMILES string of the molecule is COc1ccc(CCNC(=O)[C@@H]2CCCN2C(=O)C2CCN(S(=O)(=O)c3ccc(C)cc3)CC2)cc1. The van der Waals surface area contributed by atoms with Gasteiger partial charge in [-0.05, 0) is 68.9 Å². The Bertz CT molecular complexity index is 1160. The summed E-state index contributed by atoms with van der Waals surface area (Å²) in [4.78, 5) is 28.2. The molecule has 0 saturated carbocycles. The normalized spacial score (nSPS) is 19.3. The fourth-order valence-corrected chi connectivity index (χ4v) is 6.45. The zero-order valence-corrected chi connectivity index (χ0v) is 21.8. The molecule has 36 heavy (non-hydrogen) atoms. The zero-order chi connectivity index (χ0) is 25.7. The first-order valence-electron chi connectivity index (χ1n) is 12.6. The largest absolute Gasteiger partial charge is 0.497 e. The number of nitrogens with one attached hydrogen (secondary N) is 1. The van der Waals surface area contributed by atoms with E-state index in [-0.39, 0.29) is 22.6 Å². The molecule has 0 spiro atoms. The number of aryl methyl sites for hydroxylation is 1. The highest BCUT2D eigenvalue weighted by Gasteiger charge is 2.39. The monoisotopic (exact) mass is 513 g/mol. The Labute approximate surface area is 213 Å². The van der Waals surface area contributed by atoms with Gasteiger partial charge in [0.15, 0.2) is 0 Å². The molecule has 1 atom stereocenters. The van der Waals surface area contributed by atoms with Crippen LogP contribution in [0, 0.1) is 12.8 Å². The molecule has 0 aromatic heterocycles. The lowest BCUT2D eigenvalue weighted by Crippen LogP contribution is -2.50. The van der Waals surface area contributed by atoms with Gasteiger partial charge in [-0.15, -0.1) is 0 Å². The van der Waals surface area contributed by atoms with Gasteiger partial charge in [0.05, 0.1) is 12.0 Å². The van der Waals surface area contributed by atoms with E-state index in [2.05, 4.69) is 5.32 Å². The van der Waals surface area contributed by atoms with Crippen LogP contribution in [0.15, 0.2) is 53.4 Å². The number of carbonyl (C=O) groups excluding carboxylic acids is 2. The van der Waals surface area contributed by atoms with E-state index in [0.29, 0.717) is 51.9 Å². The molecule has 8 nitrogen and oxygen atoms in total. The summed E-state index contributed by atoms with van der Waals surface area (Å²) < 4.78 is 32.6. The molecule has 2 heterocycles. The molecule has 194 valence electrons. The van der Waals surface area contributed by atoms with Crippen LogP contribution >= 0.6 is 0 Å². The minimum Gasteiger partial charge on any atom is -0.497 e. The lowest BCUT2D eigenvalue weighted by Gasteiger charge is -2.34. The van der Waals surface area contributed by atoms with Crippen LogP contribution in [0.3, 0.4) is 0 Å². The second-order valence-corrected chi connectivity index (χ2v) is 11.5. The van der Waals surface area contributed by atoms with Crippen LogP contribution in [-0.2, 0) is 26.0 Å². The lowest BCUT2D eigenvalue weighted by atomic mass is 9.96. The fourth-order valence-electron chi connectivity index (χ4n) is 4.98. The predicted molar refractivity (Wildman–Crippen MR) is 137 cm³/mol. The molecule has 1 N–H and O–H groups in total. The number of methoxy groups -OCH3 is 1. The van der Waals surface area contributed by atoms with E-state index in [1.165, 1.54) is 4.31 Å². The smallest absolute Gasteiger partial charge is 0.243 e. The highest BCUT2D eigenvalue weighted by molar-refractivity contribution is 7.89. The molecule has 2 aromatic carbocycles. The van der Waals surface area contributed by atoms with Crippen molar-refractivity contribution in [3.8, 4) is 5.75 Å². The maximum Gasteiger partial charge on any atom is 0.243 e. The van der Waals surface area contributed by atoms with E-state index < -0.39 is 16.1 Å². The van der Waals surface area contributed by atoms with Gasteiger partial charge in [-0.25, -0.2) is 8.42 Å². The minimum atomic E-state index is -3.57. The summed E-state index contributed by atoms with van der Waals surface area (Å²) in [6.45, 7) is 3.59. The number of ether oxygens (including phenoxy) is 1. The lowest BCUT2D eigenvalue weighted by molar-refractivity contribution is -0.142. The van der Waals surface area contributed by atoms with Crippen LogP contribution in [0.1, 0.15) is 36.8 Å². The molecular formula is C27H35N3O5S. The van der Waals surface area contributed by atoms with Gasteiger partial charge in [0.25, 0.3) is 0 Å². The van der Waals surface area contributed by atoms with Crippen molar-refractivity contribution in [3.05, 3.63) is 59.7 Å². The van der Waals surface area contributed by atoms with Gasteiger partial charge in [0.2, 0.25) is 21.8 Å². The Balaban J connectivity index is 1.28. The van der Waals surface area contributed by atoms with Gasteiger partial charge in [-0.2, -0.15) is 4.31 Å². The quantitative estimate of drug-likeness (QED) is 0.586. The fraction of sp³-hybridized carbons (Fsp3) is 0.481. The summed E-state index contributed by atoms with van der Waals surface area (Å²) in [6.07, 6.45) is 3.08. The molecule has 9 heteroatoms. The van der Waals surface area contributed by atoms with Gasteiger partial charge < -0.3 is 15.0 Å². The summed E-state index contributed by atoms with van der Waals surface area (Å²) in [5.74, 6) is 0.382. The molecule has 2 fully saturated rings. The van der Waals surface area contributed by atoms with E-state index in [1.807, 2.05) is 31.2 Å². The molecule has 4 rings (SSSR count). The molecule has 0 bridgehead atoms. The Morgan fingerprint density at radius 3 is 2.28 bits per heavy atom. The molecule has 2 saturated heterocycles. The van der Waals surface area contributed by atoms with Gasteiger partial charge >= 0.3 is 0 Å². The maximum atomic E-state index is 13.3. The number of amides is 2. The average molecular weight is 514 g/mol. The van der Waals surface area contributed by atoms with Gasteiger partial charge in [-0.1, -0.05) is 29.8 Å². The van der Waals surface area contributed by atoms with Crippen LogP contribution in [0.25, 0.3) is 0 Å². The second-order valence-electron chi connectivity index (χ2n) is 9.57. The molecule has 0 radical (unpaired) electrons. The molecular weight excluding hydrogens is 478 g/mol. The van der Waals surface area contributed by atoms with Gasteiger partial charge in [0, 0.05) is 32.1 Å². The Morgan fingerprint density at radius 1 is 0.972 bits per heavy atom. The number of sulfonamides is 1. The van der Waals surface area contributed by atoms with E-state index in [9.17, 15) is 18.0 Å². The average Bonchev–Trinajstić information content (AvgIpc) is 3.39. The number of hydrogen-bond acceptors (Lipinski definition) is 5. The summed E-state index contributed by atoms with van der Waals surface area (Å²) in [7, 11) is -1.95. The van der Waals surface area contributed by atoms with E-state index in [4.69, 9.17) is 4.74 Å². The summed E-state index contributed by atoms with van der Waals surface area (Å²) in [6, 6.07) is 14.1. The third-order valence-electron chi connectivity index (χ3n) is 7.17. The Morgan fingerprint density at radius 2 is 1.64 bits per heavy atom. The van der Waals surface area contributed by atoms with Crippen molar-refractivity contribution < 1.29 is 22.7 Å². The first kappa shape index (κ1) is 26.2. The van der Waals surface area contributed by atoms with E-state index in [0.717, 1.165) is 23.3 Å². The van der Waals surface area contributed by atoms with Crippen LogP contribution < -0.4 is 10.1 Å². The van der Waals surface area contributed by atoms with E-state index in [1.54, 1.807) is 36.3 Å². The number of carbonyl (C=O) groups is 2. The summed E-state index contributed by atoms with van der Waals surface area (Å²) in [5, 5.41) is 2.99. The van der Waals surface area contributed by atoms with Crippen LogP contribution in [0.5, 0.6) is 5.75 Å². The Kier molecular flexibility index (Phi) is 8.31. The van der Waals surface area contributed by atoms with Gasteiger partial charge in [0.1, 0.15) is 11.8 Å². The summed E-state index contributed by atoms with van der Waals surface area (Å²) in [5.41, 5.74) is 2.10. The number of hydrogen-bond donors (Lipinski definition) is 1. The Hall–Kier alpha value is -2.91. The predicted octanol–water partition coefficient (Wildman–Crippen LogP) is 2.75. The van der Waals surface area contributed by atoms with Crippen molar-refractivity contribution in [2.24, 2.45) is 5.92 Å². The van der Waals surface area contributed by atoms with Crippen LogP contribution in [0.4, 0.5) is 0 Å². The molecule has 0 unspecified atom stereocenters. The zero-order valence-electron chi connectivity index (χ0n) is 21.0. The number of nitrogens with zero attached hydrogens (tertiary/aromatic N) is 2. The number of benzene rings is 2. The topological polar surface area (TPSA) is 96.0 Å². The van der Waals surface area contributed by atoms with Crippen molar-refractivity contribution >= 4 is 21.8 Å². The van der Waals surface area contributed by atoms with Crippen molar-refractivity contribution in [2.45, 2.75) is 50.0 Å². The number of rotatable bonds is 8. The van der Waals surface area contributed by atoms with Crippen molar-refractivity contribution in [1.29, 1.82) is 0 Å². The highest BCUT2D eigenvalue weighted by atomic mass is 32.2. The molecule has 2 aromatic rings. The third-order valence-corrected chi connectivity index (χ3v) is 9.09. The highest BCUT2D eigenvalue weighted by Crippen LogP contribution is 2.28. The van der Waals surface area contributed by atoms with Crippen LogP contribution in [-0.4, -0.2) is 68.8 Å².